The van der Waals surface area contributed by atoms with Crippen LogP contribution >= 0.6 is 0 Å². The molecule has 0 aromatic rings. The van der Waals surface area contributed by atoms with Crippen molar-refractivity contribution in [2.24, 2.45) is 11.3 Å². The fourth-order valence-corrected chi connectivity index (χ4v) is 2.65. The molecule has 1 saturated carbocycles. The van der Waals surface area contributed by atoms with Crippen LogP contribution in [0.5, 0.6) is 0 Å². The largest absolute Gasteiger partial charge is 0.390 e. The second-order valence-electron chi connectivity index (χ2n) is 6.22. The number of carbonyl (C=O) groups excluding carboxylic acids is 1. The Labute approximate surface area is 116 Å². The number of aliphatic hydroxyl groups is 2. The molecular formula is C16H26O3. The van der Waals surface area contributed by atoms with Crippen molar-refractivity contribution in [2.45, 2.75) is 59.7 Å². The summed E-state index contributed by atoms with van der Waals surface area (Å²) < 4.78 is 0. The van der Waals surface area contributed by atoms with Crippen LogP contribution in [-0.2, 0) is 4.79 Å². The second-order valence-corrected chi connectivity index (χ2v) is 6.22. The third-order valence-corrected chi connectivity index (χ3v) is 4.06. The summed E-state index contributed by atoms with van der Waals surface area (Å²) in [5.41, 5.74) is 1.36. The van der Waals surface area contributed by atoms with E-state index in [1.54, 1.807) is 6.92 Å². The zero-order valence-electron chi connectivity index (χ0n) is 12.6. The highest BCUT2D eigenvalue weighted by atomic mass is 16.3. The minimum atomic E-state index is -0.985. The predicted molar refractivity (Wildman–Crippen MR) is 76.7 cm³/mol. The Morgan fingerprint density at radius 3 is 1.79 bits per heavy atom. The minimum Gasteiger partial charge on any atom is -0.390 e. The summed E-state index contributed by atoms with van der Waals surface area (Å²) in [7, 11) is 0. The van der Waals surface area contributed by atoms with Crippen molar-refractivity contribution in [1.82, 2.24) is 0 Å². The number of carbonyl (C=O) groups is 1. The van der Waals surface area contributed by atoms with Gasteiger partial charge in [0.25, 0.3) is 0 Å². The van der Waals surface area contributed by atoms with Gasteiger partial charge in [-0.05, 0) is 40.5 Å². The molecule has 0 radical (unpaired) electrons. The van der Waals surface area contributed by atoms with Crippen molar-refractivity contribution in [3.05, 3.63) is 23.3 Å². The normalized spacial score (nSPS) is 29.2. The quantitative estimate of drug-likeness (QED) is 0.769. The number of hydrogen-bond donors (Lipinski definition) is 2. The molecule has 0 amide bonds. The first kappa shape index (κ1) is 16.1. The van der Waals surface area contributed by atoms with Crippen LogP contribution < -0.4 is 0 Å². The molecule has 0 spiro atoms. The number of hydrogen-bond acceptors (Lipinski definition) is 3. The van der Waals surface area contributed by atoms with Crippen molar-refractivity contribution in [3.63, 3.8) is 0 Å². The molecule has 3 nitrogen and oxygen atoms in total. The molecule has 1 aliphatic rings. The molecule has 1 aliphatic carbocycles. The maximum absolute atomic E-state index is 12.5. The fraction of sp³-hybridized carbons (Fsp3) is 0.688. The highest BCUT2D eigenvalue weighted by molar-refractivity contribution is 5.91. The van der Waals surface area contributed by atoms with Crippen LogP contribution in [0.2, 0.25) is 0 Å². The van der Waals surface area contributed by atoms with Crippen molar-refractivity contribution in [3.8, 4) is 0 Å². The van der Waals surface area contributed by atoms with Crippen LogP contribution in [-0.4, -0.2) is 28.2 Å². The van der Waals surface area contributed by atoms with E-state index in [0.29, 0.717) is 12.8 Å². The Bertz CT molecular complexity index is 378. The van der Waals surface area contributed by atoms with Crippen molar-refractivity contribution in [1.29, 1.82) is 0 Å². The smallest absolute Gasteiger partial charge is 0.147 e. The van der Waals surface area contributed by atoms with E-state index in [9.17, 15) is 15.0 Å². The highest BCUT2D eigenvalue weighted by Crippen LogP contribution is 2.45. The average molecular weight is 266 g/mol. The van der Waals surface area contributed by atoms with E-state index < -0.39 is 23.5 Å². The van der Waals surface area contributed by atoms with E-state index in [2.05, 4.69) is 0 Å². The van der Waals surface area contributed by atoms with Crippen molar-refractivity contribution < 1.29 is 15.0 Å². The predicted octanol–water partition coefficient (Wildman–Crippen LogP) is 2.63. The molecule has 0 aliphatic heterocycles. The topological polar surface area (TPSA) is 57.5 Å². The summed E-state index contributed by atoms with van der Waals surface area (Å²) in [6.07, 6.45) is 2.99. The zero-order chi connectivity index (χ0) is 14.8. The zero-order valence-corrected chi connectivity index (χ0v) is 12.6. The standard InChI is InChI=1S/C16H26O3/c1-10(2)6-8-16(9-7-11(3)4)14(18)12(5)13(17)15(16)19/h6-7,12-13,15,17,19H,8-9H2,1-5H3. The number of Topliss-reactive ketones (excluding diaryl/α,β-unsaturated/α-hetero) is 1. The summed E-state index contributed by atoms with van der Waals surface area (Å²) in [5.74, 6) is -0.520. The lowest BCUT2D eigenvalue weighted by molar-refractivity contribution is -0.131. The maximum atomic E-state index is 12.5. The summed E-state index contributed by atoms with van der Waals surface area (Å²) in [4.78, 5) is 12.5. The van der Waals surface area contributed by atoms with Crippen molar-refractivity contribution >= 4 is 5.78 Å². The molecule has 0 aromatic heterocycles. The van der Waals surface area contributed by atoms with Gasteiger partial charge in [0.1, 0.15) is 5.78 Å². The first-order chi connectivity index (χ1) is 8.72. The van der Waals surface area contributed by atoms with E-state index in [1.807, 2.05) is 39.8 Å². The van der Waals surface area contributed by atoms with Gasteiger partial charge in [-0.25, -0.2) is 0 Å². The van der Waals surface area contributed by atoms with E-state index in [-0.39, 0.29) is 5.78 Å². The Kier molecular flexibility index (Phi) is 5.11. The molecule has 108 valence electrons. The molecular weight excluding hydrogens is 240 g/mol. The van der Waals surface area contributed by atoms with Crippen LogP contribution in [0.4, 0.5) is 0 Å². The number of aliphatic hydroxyl groups excluding tert-OH is 2. The molecule has 0 bridgehead atoms. The fourth-order valence-electron chi connectivity index (χ4n) is 2.65. The molecule has 0 heterocycles. The molecule has 19 heavy (non-hydrogen) atoms. The van der Waals surface area contributed by atoms with Crippen LogP contribution in [0.3, 0.4) is 0 Å². The first-order valence-corrected chi connectivity index (χ1v) is 6.89. The molecule has 3 unspecified atom stereocenters. The monoisotopic (exact) mass is 266 g/mol. The van der Waals surface area contributed by atoms with Gasteiger partial charge in [0, 0.05) is 5.92 Å². The third kappa shape index (κ3) is 3.15. The Balaban J connectivity index is 3.15. The molecule has 0 saturated heterocycles. The number of ketones is 1. The Hall–Kier alpha value is -0.930. The maximum Gasteiger partial charge on any atom is 0.147 e. The van der Waals surface area contributed by atoms with Gasteiger partial charge in [0.15, 0.2) is 0 Å². The molecule has 3 atom stereocenters. The van der Waals surface area contributed by atoms with Gasteiger partial charge in [-0.2, -0.15) is 0 Å². The van der Waals surface area contributed by atoms with Crippen molar-refractivity contribution in [2.75, 3.05) is 0 Å². The lowest BCUT2D eigenvalue weighted by Gasteiger charge is -2.30. The molecule has 1 rings (SSSR count). The van der Waals surface area contributed by atoms with Crippen LogP contribution in [0.25, 0.3) is 0 Å². The lowest BCUT2D eigenvalue weighted by atomic mass is 9.75. The second kappa shape index (κ2) is 6.02. The van der Waals surface area contributed by atoms with E-state index in [4.69, 9.17) is 0 Å². The molecule has 0 aromatic carbocycles. The summed E-state index contributed by atoms with van der Waals surface area (Å²) in [6.45, 7) is 9.59. The van der Waals surface area contributed by atoms with Gasteiger partial charge in [0.2, 0.25) is 0 Å². The van der Waals surface area contributed by atoms with Crippen LogP contribution in [0.1, 0.15) is 47.5 Å². The van der Waals surface area contributed by atoms with E-state index in [0.717, 1.165) is 11.1 Å². The first-order valence-electron chi connectivity index (χ1n) is 6.89. The van der Waals surface area contributed by atoms with Crippen LogP contribution in [0.15, 0.2) is 23.3 Å². The van der Waals surface area contributed by atoms with Gasteiger partial charge in [0.05, 0.1) is 17.6 Å². The molecule has 2 N–H and O–H groups in total. The third-order valence-electron chi connectivity index (χ3n) is 4.06. The van der Waals surface area contributed by atoms with Gasteiger partial charge in [-0.1, -0.05) is 30.2 Å². The van der Waals surface area contributed by atoms with Gasteiger partial charge >= 0.3 is 0 Å². The molecule has 3 heteroatoms. The van der Waals surface area contributed by atoms with E-state index >= 15 is 0 Å². The Morgan fingerprint density at radius 2 is 1.53 bits per heavy atom. The summed E-state index contributed by atoms with van der Waals surface area (Å²) in [6, 6.07) is 0. The number of rotatable bonds is 4. The lowest BCUT2D eigenvalue weighted by Crippen LogP contribution is -2.38. The molecule has 1 fully saturated rings. The minimum absolute atomic E-state index is 0.0255. The van der Waals surface area contributed by atoms with E-state index in [1.165, 1.54) is 0 Å². The SMILES string of the molecule is CC(C)=CCC1(CC=C(C)C)C(=O)C(C)C(O)C1O. The van der Waals surface area contributed by atoms with Gasteiger partial charge < -0.3 is 10.2 Å². The summed E-state index contributed by atoms with van der Waals surface area (Å²) >= 11 is 0. The van der Waals surface area contributed by atoms with Crippen LogP contribution in [0, 0.1) is 11.3 Å². The number of allylic oxidation sites excluding steroid dienone is 4. The Morgan fingerprint density at radius 1 is 1.11 bits per heavy atom. The van der Waals surface area contributed by atoms with Gasteiger partial charge in [-0.15, -0.1) is 0 Å². The summed E-state index contributed by atoms with van der Waals surface area (Å²) in [5, 5.41) is 20.3. The highest BCUT2D eigenvalue weighted by Gasteiger charge is 2.56. The average Bonchev–Trinajstić information content (AvgIpc) is 2.49. The van der Waals surface area contributed by atoms with Gasteiger partial charge in [-0.3, -0.25) is 4.79 Å².